The highest BCUT2D eigenvalue weighted by molar-refractivity contribution is 5.28. The van der Waals surface area contributed by atoms with Crippen LogP contribution in [-0.4, -0.2) is 18.8 Å². The maximum absolute atomic E-state index is 9.25. The highest BCUT2D eigenvalue weighted by Crippen LogP contribution is 2.19. The van der Waals surface area contributed by atoms with Crippen LogP contribution in [0.4, 0.5) is 0 Å². The summed E-state index contributed by atoms with van der Waals surface area (Å²) < 4.78 is 5.17. The van der Waals surface area contributed by atoms with E-state index in [-0.39, 0.29) is 6.61 Å². The lowest BCUT2D eigenvalue weighted by atomic mass is 9.90. The Morgan fingerprint density at radius 1 is 1.33 bits per heavy atom. The second-order valence-corrected chi connectivity index (χ2v) is 4.24. The summed E-state index contributed by atoms with van der Waals surface area (Å²) in [6.07, 6.45) is 0.908. The first-order valence-electron chi connectivity index (χ1n) is 5.41. The molecule has 1 rings (SSSR count). The lowest BCUT2D eigenvalue weighted by Gasteiger charge is -2.18. The van der Waals surface area contributed by atoms with Gasteiger partial charge in [-0.1, -0.05) is 26.0 Å². The molecule has 1 aromatic rings. The third-order valence-electron chi connectivity index (χ3n) is 2.81. The van der Waals surface area contributed by atoms with Crippen molar-refractivity contribution in [2.75, 3.05) is 13.7 Å². The summed E-state index contributed by atoms with van der Waals surface area (Å²) in [6.45, 7) is 4.52. The zero-order chi connectivity index (χ0) is 11.3. The van der Waals surface area contributed by atoms with Crippen LogP contribution in [-0.2, 0) is 6.42 Å². The summed E-state index contributed by atoms with van der Waals surface area (Å²) in [5, 5.41) is 9.25. The number of aliphatic hydroxyl groups is 1. The first kappa shape index (κ1) is 12.1. The van der Waals surface area contributed by atoms with Gasteiger partial charge in [-0.25, -0.2) is 0 Å². The van der Waals surface area contributed by atoms with Crippen molar-refractivity contribution in [1.29, 1.82) is 0 Å². The van der Waals surface area contributed by atoms with Crippen LogP contribution in [0.25, 0.3) is 0 Å². The van der Waals surface area contributed by atoms with Crippen molar-refractivity contribution in [3.05, 3.63) is 29.8 Å². The van der Waals surface area contributed by atoms with Gasteiger partial charge in [0.1, 0.15) is 5.75 Å². The van der Waals surface area contributed by atoms with Crippen molar-refractivity contribution < 1.29 is 9.84 Å². The molecular formula is C13H20O2. The maximum atomic E-state index is 9.25. The molecule has 1 unspecified atom stereocenters. The van der Waals surface area contributed by atoms with E-state index in [2.05, 4.69) is 19.9 Å². The van der Waals surface area contributed by atoms with Gasteiger partial charge in [-0.3, -0.25) is 0 Å². The molecule has 1 atom stereocenters. The number of ether oxygens (including phenoxy) is 1. The molecule has 0 aliphatic rings. The number of benzene rings is 1. The summed E-state index contributed by atoms with van der Waals surface area (Å²) in [5.41, 5.74) is 1.22. The monoisotopic (exact) mass is 208 g/mol. The molecule has 84 valence electrons. The lowest BCUT2D eigenvalue weighted by Crippen LogP contribution is -2.16. The van der Waals surface area contributed by atoms with E-state index in [1.165, 1.54) is 5.56 Å². The van der Waals surface area contributed by atoms with Crippen molar-refractivity contribution in [3.63, 3.8) is 0 Å². The number of hydrogen-bond donors (Lipinski definition) is 1. The van der Waals surface area contributed by atoms with Crippen molar-refractivity contribution in [1.82, 2.24) is 0 Å². The third kappa shape index (κ3) is 3.56. The molecule has 0 aliphatic heterocycles. The Morgan fingerprint density at radius 2 is 2.07 bits per heavy atom. The Morgan fingerprint density at radius 3 is 2.60 bits per heavy atom. The van der Waals surface area contributed by atoms with Crippen LogP contribution in [0.15, 0.2) is 24.3 Å². The molecule has 0 spiro atoms. The predicted octanol–water partition coefficient (Wildman–Crippen LogP) is 2.50. The zero-order valence-corrected chi connectivity index (χ0v) is 9.73. The van der Waals surface area contributed by atoms with E-state index in [1.807, 2.05) is 18.2 Å². The first-order valence-corrected chi connectivity index (χ1v) is 5.41. The molecule has 0 saturated heterocycles. The highest BCUT2D eigenvalue weighted by Gasteiger charge is 2.12. The maximum Gasteiger partial charge on any atom is 0.119 e. The second kappa shape index (κ2) is 5.76. The normalized spacial score (nSPS) is 12.9. The Kier molecular flexibility index (Phi) is 4.63. The largest absolute Gasteiger partial charge is 0.497 e. The van der Waals surface area contributed by atoms with E-state index in [4.69, 9.17) is 4.74 Å². The fraction of sp³-hybridized carbons (Fsp3) is 0.538. The molecule has 0 saturated carbocycles. The molecule has 0 amide bonds. The molecule has 0 radical (unpaired) electrons. The summed E-state index contributed by atoms with van der Waals surface area (Å²) in [6, 6.07) is 8.04. The van der Waals surface area contributed by atoms with Gasteiger partial charge < -0.3 is 9.84 Å². The molecule has 1 aromatic carbocycles. The smallest absolute Gasteiger partial charge is 0.119 e. The van der Waals surface area contributed by atoms with E-state index in [9.17, 15) is 5.11 Å². The van der Waals surface area contributed by atoms with Crippen LogP contribution in [0.3, 0.4) is 0 Å². The number of rotatable bonds is 5. The molecule has 0 bridgehead atoms. The van der Waals surface area contributed by atoms with Crippen LogP contribution in [0.5, 0.6) is 5.75 Å². The molecule has 0 heterocycles. The van der Waals surface area contributed by atoms with Gasteiger partial charge in [-0.15, -0.1) is 0 Å². The van der Waals surface area contributed by atoms with E-state index in [1.54, 1.807) is 7.11 Å². The molecule has 0 fully saturated rings. The predicted molar refractivity (Wildman–Crippen MR) is 62.1 cm³/mol. The molecule has 0 aliphatic carbocycles. The van der Waals surface area contributed by atoms with E-state index in [0.29, 0.717) is 11.8 Å². The van der Waals surface area contributed by atoms with Gasteiger partial charge in [0.15, 0.2) is 0 Å². The average Bonchev–Trinajstić information content (AvgIpc) is 2.25. The lowest BCUT2D eigenvalue weighted by molar-refractivity contribution is 0.189. The van der Waals surface area contributed by atoms with Crippen molar-refractivity contribution >= 4 is 0 Å². The Labute approximate surface area is 91.9 Å². The van der Waals surface area contributed by atoms with Crippen LogP contribution in [0.2, 0.25) is 0 Å². The fourth-order valence-electron chi connectivity index (χ4n) is 1.61. The molecule has 1 N–H and O–H groups in total. The molecular weight excluding hydrogens is 188 g/mol. The summed E-state index contributed by atoms with van der Waals surface area (Å²) in [5.74, 6) is 1.71. The first-order chi connectivity index (χ1) is 7.17. The third-order valence-corrected chi connectivity index (χ3v) is 2.81. The van der Waals surface area contributed by atoms with Gasteiger partial charge in [-0.05, 0) is 36.0 Å². The molecule has 15 heavy (non-hydrogen) atoms. The average molecular weight is 208 g/mol. The van der Waals surface area contributed by atoms with Crippen LogP contribution in [0, 0.1) is 11.8 Å². The fourth-order valence-corrected chi connectivity index (χ4v) is 1.61. The number of hydrogen-bond acceptors (Lipinski definition) is 2. The summed E-state index contributed by atoms with van der Waals surface area (Å²) >= 11 is 0. The van der Waals surface area contributed by atoms with Gasteiger partial charge in [0, 0.05) is 6.61 Å². The highest BCUT2D eigenvalue weighted by atomic mass is 16.5. The Bertz CT molecular complexity index is 294. The topological polar surface area (TPSA) is 29.5 Å². The molecule has 2 nitrogen and oxygen atoms in total. The minimum Gasteiger partial charge on any atom is -0.497 e. The quantitative estimate of drug-likeness (QED) is 0.805. The second-order valence-electron chi connectivity index (χ2n) is 4.24. The SMILES string of the molecule is COc1cccc(CC(CO)C(C)C)c1. The van der Waals surface area contributed by atoms with Crippen LogP contribution < -0.4 is 4.74 Å². The van der Waals surface area contributed by atoms with Gasteiger partial charge in [0.05, 0.1) is 7.11 Å². The van der Waals surface area contributed by atoms with E-state index in [0.717, 1.165) is 12.2 Å². The molecule has 0 aromatic heterocycles. The minimum absolute atomic E-state index is 0.245. The van der Waals surface area contributed by atoms with Crippen LogP contribution in [0.1, 0.15) is 19.4 Å². The zero-order valence-electron chi connectivity index (χ0n) is 9.73. The van der Waals surface area contributed by atoms with Gasteiger partial charge >= 0.3 is 0 Å². The van der Waals surface area contributed by atoms with Crippen molar-refractivity contribution in [2.24, 2.45) is 11.8 Å². The Hall–Kier alpha value is -1.02. The Balaban J connectivity index is 2.70. The summed E-state index contributed by atoms with van der Waals surface area (Å²) in [4.78, 5) is 0. The van der Waals surface area contributed by atoms with Crippen molar-refractivity contribution in [2.45, 2.75) is 20.3 Å². The van der Waals surface area contributed by atoms with Gasteiger partial charge in [0.25, 0.3) is 0 Å². The molecule has 2 heteroatoms. The number of methoxy groups -OCH3 is 1. The van der Waals surface area contributed by atoms with Crippen LogP contribution >= 0.6 is 0 Å². The summed E-state index contributed by atoms with van der Waals surface area (Å²) in [7, 11) is 1.67. The van der Waals surface area contributed by atoms with E-state index >= 15 is 0 Å². The van der Waals surface area contributed by atoms with Gasteiger partial charge in [-0.2, -0.15) is 0 Å². The number of aliphatic hydroxyl groups excluding tert-OH is 1. The van der Waals surface area contributed by atoms with Gasteiger partial charge in [0.2, 0.25) is 0 Å². The standard InChI is InChI=1S/C13H20O2/c1-10(2)12(9-14)7-11-5-4-6-13(8-11)15-3/h4-6,8,10,12,14H,7,9H2,1-3H3. The van der Waals surface area contributed by atoms with E-state index < -0.39 is 0 Å². The minimum atomic E-state index is 0.245. The van der Waals surface area contributed by atoms with Crippen molar-refractivity contribution in [3.8, 4) is 5.75 Å².